The van der Waals surface area contributed by atoms with Crippen LogP contribution in [0.3, 0.4) is 0 Å². The fourth-order valence-electron chi connectivity index (χ4n) is 8.18. The highest BCUT2D eigenvalue weighted by molar-refractivity contribution is 5.31. The minimum Gasteiger partial charge on any atom is -0.0654 e. The topological polar surface area (TPSA) is 0 Å². The summed E-state index contributed by atoms with van der Waals surface area (Å²) in [6, 6.07) is 0. The average Bonchev–Trinajstić information content (AvgIpc) is 2.68. The second kappa shape index (κ2) is 5.00. The maximum Gasteiger partial charge on any atom is -0.0178 e. The Balaban J connectivity index is 1.91. The molecule has 0 spiro atoms. The minimum absolute atomic E-state index is 0.552. The summed E-state index contributed by atoms with van der Waals surface area (Å²) in [6.45, 7) is 20.4. The lowest BCUT2D eigenvalue weighted by Gasteiger charge is -2.85. The molecule has 0 aromatic heterocycles. The summed E-state index contributed by atoms with van der Waals surface area (Å²) in [7, 11) is 0. The van der Waals surface area contributed by atoms with Gasteiger partial charge in [0.2, 0.25) is 0 Å². The summed E-state index contributed by atoms with van der Waals surface area (Å²) < 4.78 is 0. The van der Waals surface area contributed by atoms with Crippen LogP contribution in [0.4, 0.5) is 0 Å². The highest BCUT2D eigenvalue weighted by Crippen LogP contribution is 2.89. The number of hydrogen-bond acceptors (Lipinski definition) is 0. The molecule has 22 heavy (non-hydrogen) atoms. The summed E-state index contributed by atoms with van der Waals surface area (Å²) in [5, 5.41) is 0. The van der Waals surface area contributed by atoms with Gasteiger partial charge < -0.3 is 0 Å². The van der Waals surface area contributed by atoms with E-state index in [4.69, 9.17) is 0 Å². The van der Waals surface area contributed by atoms with Gasteiger partial charge >= 0.3 is 0 Å². The summed E-state index contributed by atoms with van der Waals surface area (Å²) in [5.74, 6) is 5.90. The van der Waals surface area contributed by atoms with Crippen LogP contribution in [0.15, 0.2) is 0 Å². The molecule has 0 radical (unpaired) electrons. The molecular formula is C22H40. The van der Waals surface area contributed by atoms with Crippen molar-refractivity contribution in [1.29, 1.82) is 0 Å². The predicted octanol–water partition coefficient (Wildman–Crippen LogP) is 6.79. The Morgan fingerprint density at radius 3 is 2.23 bits per heavy atom. The normalized spacial score (nSPS) is 53.2. The van der Waals surface area contributed by atoms with Crippen LogP contribution in [-0.2, 0) is 0 Å². The third kappa shape index (κ3) is 1.61. The van der Waals surface area contributed by atoms with Crippen LogP contribution in [0, 0.1) is 51.8 Å². The lowest BCUT2D eigenvalue weighted by atomic mass is 9.19. The molecule has 3 rings (SSSR count). The molecular weight excluding hydrogens is 264 g/mol. The van der Waals surface area contributed by atoms with Gasteiger partial charge in [-0.2, -0.15) is 0 Å². The lowest BCUT2D eigenvalue weighted by Crippen LogP contribution is -2.80. The Morgan fingerprint density at radius 1 is 1.05 bits per heavy atom. The average molecular weight is 305 g/mol. The van der Waals surface area contributed by atoms with Crippen molar-refractivity contribution in [2.45, 2.75) is 87.5 Å². The monoisotopic (exact) mass is 304 g/mol. The Hall–Kier alpha value is 0. The maximum atomic E-state index is 2.70. The van der Waals surface area contributed by atoms with Crippen LogP contribution in [0.2, 0.25) is 0 Å². The van der Waals surface area contributed by atoms with Crippen LogP contribution < -0.4 is 0 Å². The lowest BCUT2D eigenvalue weighted by molar-refractivity contribution is -0.378. The third-order valence-electron chi connectivity index (χ3n) is 9.66. The molecule has 0 N–H and O–H groups in total. The summed E-state index contributed by atoms with van der Waals surface area (Å²) in [4.78, 5) is 0. The van der Waals surface area contributed by atoms with E-state index < -0.39 is 0 Å². The highest BCUT2D eigenvalue weighted by atomic mass is 14.9. The van der Waals surface area contributed by atoms with Crippen LogP contribution in [-0.4, -0.2) is 0 Å². The highest BCUT2D eigenvalue weighted by Gasteiger charge is 2.84. The SMILES string of the molecule is CCCC1C2C3C(C)CC(CC(C)CC)C3(C)C2(C)C1(C)C. The van der Waals surface area contributed by atoms with Gasteiger partial charge in [0.15, 0.2) is 0 Å². The zero-order chi connectivity index (χ0) is 16.5. The van der Waals surface area contributed by atoms with E-state index >= 15 is 0 Å². The van der Waals surface area contributed by atoms with Gasteiger partial charge in [-0.25, -0.2) is 0 Å². The minimum atomic E-state index is 0.552. The largest absolute Gasteiger partial charge is 0.0654 e. The fourth-order valence-corrected chi connectivity index (χ4v) is 8.18. The van der Waals surface area contributed by atoms with Gasteiger partial charge in [0.1, 0.15) is 0 Å². The molecule has 0 amide bonds. The van der Waals surface area contributed by atoms with E-state index in [0.717, 1.165) is 35.5 Å². The van der Waals surface area contributed by atoms with Gasteiger partial charge in [-0.15, -0.1) is 0 Å². The Kier molecular flexibility index (Phi) is 3.83. The van der Waals surface area contributed by atoms with Crippen molar-refractivity contribution >= 4 is 0 Å². The number of rotatable bonds is 5. The molecule has 3 fully saturated rings. The van der Waals surface area contributed by atoms with Crippen LogP contribution >= 0.6 is 0 Å². The van der Waals surface area contributed by atoms with E-state index in [-0.39, 0.29) is 0 Å². The molecule has 0 saturated heterocycles. The first-order chi connectivity index (χ1) is 10.2. The molecule has 0 aliphatic heterocycles. The van der Waals surface area contributed by atoms with Crippen LogP contribution in [0.25, 0.3) is 0 Å². The van der Waals surface area contributed by atoms with Crippen molar-refractivity contribution in [1.82, 2.24) is 0 Å². The Morgan fingerprint density at radius 2 is 1.68 bits per heavy atom. The van der Waals surface area contributed by atoms with Crippen molar-refractivity contribution in [3.63, 3.8) is 0 Å². The zero-order valence-electron chi connectivity index (χ0n) is 16.5. The molecule has 3 aliphatic rings. The number of fused-ring (bicyclic) bond motifs is 4. The van der Waals surface area contributed by atoms with Crippen molar-refractivity contribution in [3.05, 3.63) is 0 Å². The molecule has 0 nitrogen and oxygen atoms in total. The number of hydrogen-bond donors (Lipinski definition) is 0. The van der Waals surface area contributed by atoms with E-state index in [1.807, 2.05) is 0 Å². The van der Waals surface area contributed by atoms with E-state index in [1.165, 1.54) is 32.1 Å². The molecule has 0 aromatic carbocycles. The van der Waals surface area contributed by atoms with Gasteiger partial charge in [0.05, 0.1) is 0 Å². The van der Waals surface area contributed by atoms with E-state index in [0.29, 0.717) is 16.2 Å². The first-order valence-electron chi connectivity index (χ1n) is 10.2. The molecule has 8 unspecified atom stereocenters. The quantitative estimate of drug-likeness (QED) is 0.524. The van der Waals surface area contributed by atoms with Gasteiger partial charge in [-0.05, 0) is 71.0 Å². The molecule has 3 aliphatic carbocycles. The predicted molar refractivity (Wildman–Crippen MR) is 96.7 cm³/mol. The third-order valence-corrected chi connectivity index (χ3v) is 9.66. The van der Waals surface area contributed by atoms with Crippen molar-refractivity contribution in [2.24, 2.45) is 51.8 Å². The second-order valence-electron chi connectivity index (χ2n) is 10.3. The molecule has 3 saturated carbocycles. The van der Waals surface area contributed by atoms with Crippen LogP contribution in [0.1, 0.15) is 87.5 Å². The zero-order valence-corrected chi connectivity index (χ0v) is 16.5. The van der Waals surface area contributed by atoms with E-state index in [1.54, 1.807) is 0 Å². The van der Waals surface area contributed by atoms with Gasteiger partial charge in [0, 0.05) is 0 Å². The van der Waals surface area contributed by atoms with Crippen molar-refractivity contribution in [2.75, 3.05) is 0 Å². The van der Waals surface area contributed by atoms with E-state index in [9.17, 15) is 0 Å². The maximum absolute atomic E-state index is 2.70. The molecule has 0 heterocycles. The molecule has 0 heteroatoms. The summed E-state index contributed by atoms with van der Waals surface area (Å²) in [6.07, 6.45) is 7.17. The van der Waals surface area contributed by atoms with E-state index in [2.05, 4.69) is 55.4 Å². The van der Waals surface area contributed by atoms with Gasteiger partial charge in [0.25, 0.3) is 0 Å². The van der Waals surface area contributed by atoms with Gasteiger partial charge in [-0.1, -0.05) is 68.2 Å². The standard InChI is InChI=1S/C22H40/c1-9-11-17-19-18-15(4)13-16(12-14(3)10-2)21(18,7)22(19,8)20(17,5)6/h14-19H,9-13H2,1-8H3. The summed E-state index contributed by atoms with van der Waals surface area (Å²) in [5.41, 5.74) is 1.78. The molecule has 0 aromatic rings. The molecule has 8 atom stereocenters. The van der Waals surface area contributed by atoms with Crippen molar-refractivity contribution < 1.29 is 0 Å². The smallest absolute Gasteiger partial charge is 0.0178 e. The van der Waals surface area contributed by atoms with Crippen LogP contribution in [0.5, 0.6) is 0 Å². The Labute approximate surface area is 139 Å². The second-order valence-corrected chi connectivity index (χ2v) is 10.3. The Bertz CT molecular complexity index is 435. The molecule has 0 bridgehead atoms. The van der Waals surface area contributed by atoms with Crippen molar-refractivity contribution in [3.8, 4) is 0 Å². The van der Waals surface area contributed by atoms with Gasteiger partial charge in [-0.3, -0.25) is 0 Å². The summed E-state index contributed by atoms with van der Waals surface area (Å²) >= 11 is 0. The first kappa shape index (κ1) is 16.8. The molecule has 128 valence electrons. The fraction of sp³-hybridized carbons (Fsp3) is 1.00. The first-order valence-corrected chi connectivity index (χ1v) is 10.2.